The Morgan fingerprint density at radius 1 is 1.33 bits per heavy atom. The summed E-state index contributed by atoms with van der Waals surface area (Å²) < 4.78 is 0. The van der Waals surface area contributed by atoms with Crippen LogP contribution >= 0.6 is 0 Å². The zero-order valence-electron chi connectivity index (χ0n) is 10.8. The van der Waals surface area contributed by atoms with E-state index in [-0.39, 0.29) is 5.41 Å². The molecular formula is C14H26O. The zero-order chi connectivity index (χ0) is 11.5. The Balaban J connectivity index is 2.53. The van der Waals surface area contributed by atoms with Crippen molar-refractivity contribution in [1.29, 1.82) is 0 Å². The summed E-state index contributed by atoms with van der Waals surface area (Å²) in [4.78, 5) is 12.2. The number of hydrogen-bond acceptors (Lipinski definition) is 1. The number of ketones is 1. The molecule has 1 fully saturated rings. The fourth-order valence-electron chi connectivity index (χ4n) is 2.93. The first-order chi connectivity index (χ1) is 7.01. The molecule has 0 aromatic carbocycles. The minimum absolute atomic E-state index is 0.267. The van der Waals surface area contributed by atoms with E-state index in [0.717, 1.165) is 25.7 Å². The van der Waals surface area contributed by atoms with E-state index in [4.69, 9.17) is 0 Å². The summed E-state index contributed by atoms with van der Waals surface area (Å²) in [7, 11) is 0. The van der Waals surface area contributed by atoms with Crippen molar-refractivity contribution in [1.82, 2.24) is 0 Å². The summed E-state index contributed by atoms with van der Waals surface area (Å²) >= 11 is 0. The molecule has 0 aromatic heterocycles. The Morgan fingerprint density at radius 2 is 1.93 bits per heavy atom. The van der Waals surface area contributed by atoms with Crippen LogP contribution in [0.5, 0.6) is 0 Å². The minimum atomic E-state index is 0.267. The standard InChI is InChI=1S/C14H26O/c1-5-11(6-2)10-13(15)12-8-7-9-14(12,3)4/h11-12H,5-10H2,1-4H3. The molecule has 1 rings (SSSR count). The lowest BCUT2D eigenvalue weighted by Gasteiger charge is -2.27. The minimum Gasteiger partial charge on any atom is -0.299 e. The van der Waals surface area contributed by atoms with E-state index in [9.17, 15) is 4.79 Å². The number of Topliss-reactive ketones (excluding diaryl/α,β-unsaturated/α-hetero) is 1. The van der Waals surface area contributed by atoms with Crippen molar-refractivity contribution in [3.05, 3.63) is 0 Å². The van der Waals surface area contributed by atoms with Gasteiger partial charge in [0.1, 0.15) is 5.78 Å². The van der Waals surface area contributed by atoms with Crippen molar-refractivity contribution in [2.45, 2.75) is 66.2 Å². The molecule has 1 aliphatic rings. The molecule has 1 unspecified atom stereocenters. The van der Waals surface area contributed by atoms with Gasteiger partial charge in [0, 0.05) is 12.3 Å². The molecule has 0 bridgehead atoms. The molecule has 1 heteroatoms. The van der Waals surface area contributed by atoms with Crippen LogP contribution in [0.2, 0.25) is 0 Å². The Hall–Kier alpha value is -0.330. The van der Waals surface area contributed by atoms with Crippen molar-refractivity contribution >= 4 is 5.78 Å². The van der Waals surface area contributed by atoms with E-state index < -0.39 is 0 Å². The molecule has 1 aliphatic carbocycles. The first kappa shape index (κ1) is 12.7. The topological polar surface area (TPSA) is 17.1 Å². The van der Waals surface area contributed by atoms with E-state index in [1.165, 1.54) is 12.8 Å². The lowest BCUT2D eigenvalue weighted by Crippen LogP contribution is -2.27. The molecule has 1 atom stereocenters. The van der Waals surface area contributed by atoms with Gasteiger partial charge in [-0.1, -0.05) is 47.0 Å². The van der Waals surface area contributed by atoms with Gasteiger partial charge in [-0.25, -0.2) is 0 Å². The fourth-order valence-corrected chi connectivity index (χ4v) is 2.93. The SMILES string of the molecule is CCC(CC)CC(=O)C1CCCC1(C)C. The molecule has 0 N–H and O–H groups in total. The molecule has 0 spiro atoms. The normalized spacial score (nSPS) is 24.7. The first-order valence-corrected chi connectivity index (χ1v) is 6.54. The number of carbonyl (C=O) groups is 1. The molecule has 0 heterocycles. The van der Waals surface area contributed by atoms with Crippen LogP contribution in [0, 0.1) is 17.3 Å². The Kier molecular flexibility index (Phi) is 4.36. The summed E-state index contributed by atoms with van der Waals surface area (Å²) in [6, 6.07) is 0. The summed E-state index contributed by atoms with van der Waals surface area (Å²) in [6.45, 7) is 8.91. The lowest BCUT2D eigenvalue weighted by atomic mass is 9.77. The average molecular weight is 210 g/mol. The first-order valence-electron chi connectivity index (χ1n) is 6.54. The number of hydrogen-bond donors (Lipinski definition) is 0. The van der Waals surface area contributed by atoms with Crippen LogP contribution in [0.3, 0.4) is 0 Å². The van der Waals surface area contributed by atoms with Gasteiger partial charge >= 0.3 is 0 Å². The predicted octanol–water partition coefficient (Wildman–Crippen LogP) is 4.21. The van der Waals surface area contributed by atoms with E-state index in [2.05, 4.69) is 27.7 Å². The molecule has 0 saturated heterocycles. The highest BCUT2D eigenvalue weighted by molar-refractivity contribution is 5.82. The van der Waals surface area contributed by atoms with Gasteiger partial charge in [-0.05, 0) is 24.2 Å². The third kappa shape index (κ3) is 3.06. The van der Waals surface area contributed by atoms with Crippen LogP contribution in [0.25, 0.3) is 0 Å². The smallest absolute Gasteiger partial charge is 0.136 e. The molecule has 15 heavy (non-hydrogen) atoms. The highest BCUT2D eigenvalue weighted by Gasteiger charge is 2.39. The summed E-state index contributed by atoms with van der Waals surface area (Å²) in [5.74, 6) is 1.50. The highest BCUT2D eigenvalue weighted by atomic mass is 16.1. The summed E-state index contributed by atoms with van der Waals surface area (Å²) in [6.07, 6.45) is 6.72. The van der Waals surface area contributed by atoms with Crippen LogP contribution in [-0.2, 0) is 4.79 Å². The zero-order valence-corrected chi connectivity index (χ0v) is 10.8. The van der Waals surface area contributed by atoms with Crippen LogP contribution in [0.4, 0.5) is 0 Å². The Bertz CT molecular complexity index is 213. The van der Waals surface area contributed by atoms with Crippen molar-refractivity contribution in [3.8, 4) is 0 Å². The quantitative estimate of drug-likeness (QED) is 0.664. The predicted molar refractivity (Wildman–Crippen MR) is 64.8 cm³/mol. The molecule has 0 amide bonds. The van der Waals surface area contributed by atoms with E-state index in [0.29, 0.717) is 17.6 Å². The molecule has 1 saturated carbocycles. The average Bonchev–Trinajstić information content (AvgIpc) is 2.54. The number of carbonyl (C=O) groups excluding carboxylic acids is 1. The molecule has 0 radical (unpaired) electrons. The Morgan fingerprint density at radius 3 is 2.33 bits per heavy atom. The second kappa shape index (κ2) is 5.14. The van der Waals surface area contributed by atoms with E-state index in [1.54, 1.807) is 0 Å². The lowest BCUT2D eigenvalue weighted by molar-refractivity contribution is -0.126. The van der Waals surface area contributed by atoms with Gasteiger partial charge in [0.25, 0.3) is 0 Å². The van der Waals surface area contributed by atoms with Crippen molar-refractivity contribution in [2.24, 2.45) is 17.3 Å². The maximum absolute atomic E-state index is 12.2. The van der Waals surface area contributed by atoms with Crippen LogP contribution < -0.4 is 0 Å². The highest BCUT2D eigenvalue weighted by Crippen LogP contribution is 2.44. The summed E-state index contributed by atoms with van der Waals surface area (Å²) in [5.41, 5.74) is 0.267. The van der Waals surface area contributed by atoms with Crippen LogP contribution in [-0.4, -0.2) is 5.78 Å². The van der Waals surface area contributed by atoms with Gasteiger partial charge in [0.05, 0.1) is 0 Å². The second-order valence-corrected chi connectivity index (χ2v) is 5.79. The third-order valence-corrected chi connectivity index (χ3v) is 4.29. The molecule has 0 aliphatic heterocycles. The maximum Gasteiger partial charge on any atom is 0.136 e. The monoisotopic (exact) mass is 210 g/mol. The second-order valence-electron chi connectivity index (χ2n) is 5.79. The fraction of sp³-hybridized carbons (Fsp3) is 0.929. The van der Waals surface area contributed by atoms with Crippen LogP contribution in [0.15, 0.2) is 0 Å². The van der Waals surface area contributed by atoms with Gasteiger partial charge in [-0.15, -0.1) is 0 Å². The van der Waals surface area contributed by atoms with Crippen molar-refractivity contribution in [3.63, 3.8) is 0 Å². The van der Waals surface area contributed by atoms with E-state index in [1.807, 2.05) is 0 Å². The van der Waals surface area contributed by atoms with E-state index >= 15 is 0 Å². The molecule has 88 valence electrons. The van der Waals surface area contributed by atoms with Gasteiger partial charge < -0.3 is 0 Å². The molecule has 1 nitrogen and oxygen atoms in total. The molecular weight excluding hydrogens is 184 g/mol. The van der Waals surface area contributed by atoms with Gasteiger partial charge in [0.15, 0.2) is 0 Å². The largest absolute Gasteiger partial charge is 0.299 e. The van der Waals surface area contributed by atoms with Crippen molar-refractivity contribution < 1.29 is 4.79 Å². The van der Waals surface area contributed by atoms with Gasteiger partial charge in [-0.2, -0.15) is 0 Å². The summed E-state index contributed by atoms with van der Waals surface area (Å²) in [5, 5.41) is 0. The van der Waals surface area contributed by atoms with Gasteiger partial charge in [-0.3, -0.25) is 4.79 Å². The Labute approximate surface area is 94.6 Å². The molecule has 0 aromatic rings. The van der Waals surface area contributed by atoms with Crippen molar-refractivity contribution in [2.75, 3.05) is 0 Å². The van der Waals surface area contributed by atoms with Crippen LogP contribution in [0.1, 0.15) is 66.2 Å². The maximum atomic E-state index is 12.2. The third-order valence-electron chi connectivity index (χ3n) is 4.29. The van der Waals surface area contributed by atoms with Gasteiger partial charge in [0.2, 0.25) is 0 Å². The number of rotatable bonds is 5.